The van der Waals surface area contributed by atoms with Crippen molar-refractivity contribution in [3.63, 3.8) is 0 Å². The Labute approximate surface area is 315 Å². The fourth-order valence-corrected chi connectivity index (χ4v) is 8.83. The van der Waals surface area contributed by atoms with Gasteiger partial charge in [0, 0.05) is 40.9 Å². The molecule has 54 heavy (non-hydrogen) atoms. The number of sulfonamides is 2. The van der Waals surface area contributed by atoms with Crippen LogP contribution in [0.25, 0.3) is 22.3 Å². The summed E-state index contributed by atoms with van der Waals surface area (Å²) in [5, 5.41) is 0. The predicted molar refractivity (Wildman–Crippen MR) is 205 cm³/mol. The molecule has 288 valence electrons. The third-order valence-corrected chi connectivity index (χ3v) is 11.7. The number of nitrogens with zero attached hydrogens (tertiary/aromatic N) is 4. The molecule has 15 heteroatoms. The molecular weight excluding hydrogens is 739 g/mol. The molecule has 0 amide bonds. The largest absolute Gasteiger partial charge is 0.465 e. The SMILES string of the molecule is CC(C)c1nc2c(c(-c3ccc(F)cc3)c1C=O)CCCN2S(C)(=O)=O.COC(=O)c1c(C(C)C)nc2c(c1-c1ccc(F)cc1)CCCN2S(C)(=O)=O. The first kappa shape index (κ1) is 40.4. The monoisotopic (exact) mass is 782 g/mol. The molecular formula is C39H44F2N4O7S2. The zero-order valence-corrected chi connectivity index (χ0v) is 32.9. The molecule has 4 aromatic rings. The number of esters is 1. The van der Waals surface area contributed by atoms with Crippen LogP contribution in [-0.4, -0.2) is 71.8 Å². The number of halogens is 2. The van der Waals surface area contributed by atoms with Crippen LogP contribution in [0.4, 0.5) is 20.4 Å². The van der Waals surface area contributed by atoms with Crippen LogP contribution in [0.2, 0.25) is 0 Å². The predicted octanol–water partition coefficient (Wildman–Crippen LogP) is 7.05. The number of fused-ring (bicyclic) bond motifs is 2. The summed E-state index contributed by atoms with van der Waals surface area (Å²) >= 11 is 0. The van der Waals surface area contributed by atoms with Gasteiger partial charge < -0.3 is 4.74 Å². The Bertz CT molecular complexity index is 2300. The molecule has 2 aliphatic heterocycles. The normalized spacial score (nSPS) is 14.3. The Morgan fingerprint density at radius 2 is 1.13 bits per heavy atom. The number of hydrogen-bond donors (Lipinski definition) is 0. The molecule has 0 bridgehead atoms. The third-order valence-electron chi connectivity index (χ3n) is 9.36. The quantitative estimate of drug-likeness (QED) is 0.136. The zero-order chi connectivity index (χ0) is 39.7. The minimum absolute atomic E-state index is 0.0666. The smallest absolute Gasteiger partial charge is 0.340 e. The number of carbonyl (C=O) groups excluding carboxylic acids is 2. The number of benzene rings is 2. The summed E-state index contributed by atoms with van der Waals surface area (Å²) in [5.74, 6) is -0.809. The molecule has 0 spiro atoms. The average molecular weight is 783 g/mol. The van der Waals surface area contributed by atoms with Gasteiger partial charge in [-0.15, -0.1) is 0 Å². The molecule has 0 atom stereocenters. The van der Waals surface area contributed by atoms with E-state index in [4.69, 9.17) is 4.74 Å². The van der Waals surface area contributed by atoms with E-state index < -0.39 is 31.8 Å². The lowest BCUT2D eigenvalue weighted by molar-refractivity contribution is 0.0599. The highest BCUT2D eigenvalue weighted by atomic mass is 32.2. The second-order valence-electron chi connectivity index (χ2n) is 13.9. The van der Waals surface area contributed by atoms with Gasteiger partial charge in [-0.1, -0.05) is 52.0 Å². The molecule has 0 saturated heterocycles. The van der Waals surface area contributed by atoms with E-state index in [9.17, 15) is 35.2 Å². The van der Waals surface area contributed by atoms with Gasteiger partial charge in [0.2, 0.25) is 20.0 Å². The van der Waals surface area contributed by atoms with Gasteiger partial charge in [-0.2, -0.15) is 0 Å². The third kappa shape index (κ3) is 8.16. The van der Waals surface area contributed by atoms with E-state index in [-0.39, 0.29) is 17.7 Å². The molecule has 2 aliphatic rings. The summed E-state index contributed by atoms with van der Waals surface area (Å²) in [7, 11) is -5.72. The lowest BCUT2D eigenvalue weighted by Gasteiger charge is -2.32. The van der Waals surface area contributed by atoms with E-state index in [2.05, 4.69) is 9.97 Å². The molecule has 11 nitrogen and oxygen atoms in total. The fourth-order valence-electron chi connectivity index (χ4n) is 6.98. The fraction of sp³-hybridized carbons (Fsp3) is 0.385. The average Bonchev–Trinajstić information content (AvgIpc) is 3.12. The molecule has 0 saturated carbocycles. The Morgan fingerprint density at radius 3 is 1.52 bits per heavy atom. The molecule has 0 radical (unpaired) electrons. The maximum Gasteiger partial charge on any atom is 0.340 e. The number of methoxy groups -OCH3 is 1. The van der Waals surface area contributed by atoms with E-state index >= 15 is 0 Å². The van der Waals surface area contributed by atoms with E-state index in [0.29, 0.717) is 101 Å². The van der Waals surface area contributed by atoms with Crippen LogP contribution in [0, 0.1) is 11.6 Å². The van der Waals surface area contributed by atoms with Gasteiger partial charge in [0.15, 0.2) is 6.29 Å². The molecule has 0 N–H and O–H groups in total. The van der Waals surface area contributed by atoms with Gasteiger partial charge in [0.25, 0.3) is 0 Å². The number of aldehydes is 1. The number of aromatic nitrogens is 2. The molecule has 2 aromatic carbocycles. The van der Waals surface area contributed by atoms with Crippen molar-refractivity contribution in [3.8, 4) is 22.3 Å². The van der Waals surface area contributed by atoms with Crippen molar-refractivity contribution in [1.29, 1.82) is 0 Å². The molecule has 6 rings (SSSR count). The van der Waals surface area contributed by atoms with Gasteiger partial charge in [-0.05, 0) is 72.9 Å². The van der Waals surface area contributed by atoms with Gasteiger partial charge >= 0.3 is 5.97 Å². The minimum atomic E-state index is -3.53. The van der Waals surface area contributed by atoms with Gasteiger partial charge in [-0.3, -0.25) is 13.4 Å². The lowest BCUT2D eigenvalue weighted by atomic mass is 9.88. The van der Waals surface area contributed by atoms with Crippen molar-refractivity contribution >= 4 is 43.9 Å². The topological polar surface area (TPSA) is 144 Å². The van der Waals surface area contributed by atoms with Crippen LogP contribution in [0.5, 0.6) is 0 Å². The van der Waals surface area contributed by atoms with Crippen LogP contribution in [0.1, 0.15) is 95.6 Å². The summed E-state index contributed by atoms with van der Waals surface area (Å²) < 4.78 is 83.7. The van der Waals surface area contributed by atoms with Crippen LogP contribution < -0.4 is 8.61 Å². The zero-order valence-electron chi connectivity index (χ0n) is 31.3. The summed E-state index contributed by atoms with van der Waals surface area (Å²) in [4.78, 5) is 33.8. The van der Waals surface area contributed by atoms with Gasteiger partial charge in [-0.25, -0.2) is 40.4 Å². The summed E-state index contributed by atoms with van der Waals surface area (Å²) in [6.07, 6.45) is 5.46. The first-order chi connectivity index (χ1) is 25.4. The van der Waals surface area contributed by atoms with Gasteiger partial charge in [0.1, 0.15) is 23.3 Å². The highest BCUT2D eigenvalue weighted by Gasteiger charge is 2.34. The molecule has 0 fully saturated rings. The van der Waals surface area contributed by atoms with Crippen molar-refractivity contribution in [2.24, 2.45) is 0 Å². The Balaban J connectivity index is 0.000000208. The van der Waals surface area contributed by atoms with Crippen molar-refractivity contribution in [2.45, 2.75) is 65.2 Å². The van der Waals surface area contributed by atoms with E-state index in [0.717, 1.165) is 24.4 Å². The van der Waals surface area contributed by atoms with Crippen LogP contribution in [-0.2, 0) is 37.6 Å². The van der Waals surface area contributed by atoms with E-state index in [1.54, 1.807) is 24.3 Å². The van der Waals surface area contributed by atoms with Crippen molar-refractivity contribution in [3.05, 3.63) is 93.8 Å². The van der Waals surface area contributed by atoms with Crippen LogP contribution in [0.15, 0.2) is 48.5 Å². The highest BCUT2D eigenvalue weighted by Crippen LogP contribution is 2.42. The molecule has 0 unspecified atom stereocenters. The highest BCUT2D eigenvalue weighted by molar-refractivity contribution is 7.92. The molecule has 0 aliphatic carbocycles. The standard InChI is InChI=1S/C20H23FN2O4S.C19H21FN2O3S/c1-12(2)18-17(20(24)27-3)16(13-7-9-14(21)10-8-13)15-6-5-11-23(19(15)22-18)28(4,25)26;1-12(2)18-16(11-23)17(13-6-8-14(20)9-7-13)15-5-4-10-22(19(15)21-18)26(3,24)25/h7-10,12H,5-6,11H2,1-4H3;6-9,11-12H,4-5,10H2,1-3H3. The number of ether oxygens (including phenoxy) is 1. The van der Waals surface area contributed by atoms with Crippen LogP contribution in [0.3, 0.4) is 0 Å². The van der Waals surface area contributed by atoms with Gasteiger partial charge in [0.05, 0.1) is 36.6 Å². The molecule has 2 aromatic heterocycles. The number of hydrogen-bond acceptors (Lipinski definition) is 9. The first-order valence-electron chi connectivity index (χ1n) is 17.5. The van der Waals surface area contributed by atoms with E-state index in [1.807, 2.05) is 27.7 Å². The Kier molecular flexibility index (Phi) is 11.9. The van der Waals surface area contributed by atoms with Crippen molar-refractivity contribution in [1.82, 2.24) is 9.97 Å². The lowest BCUT2D eigenvalue weighted by Crippen LogP contribution is -2.36. The number of rotatable bonds is 8. The summed E-state index contributed by atoms with van der Waals surface area (Å²) in [6.45, 7) is 8.26. The summed E-state index contributed by atoms with van der Waals surface area (Å²) in [6, 6.07) is 11.7. The number of pyridine rings is 2. The Hall–Kier alpha value is -4.76. The summed E-state index contributed by atoms with van der Waals surface area (Å²) in [5.41, 5.74) is 5.67. The maximum absolute atomic E-state index is 13.5. The minimum Gasteiger partial charge on any atom is -0.465 e. The number of anilines is 2. The number of carbonyl (C=O) groups is 2. The van der Waals surface area contributed by atoms with Crippen molar-refractivity contribution < 1.29 is 39.9 Å². The second kappa shape index (κ2) is 15.9. The van der Waals surface area contributed by atoms with E-state index in [1.165, 1.54) is 40.0 Å². The second-order valence-corrected chi connectivity index (χ2v) is 17.8. The first-order valence-corrected chi connectivity index (χ1v) is 21.2. The molecule has 4 heterocycles. The Morgan fingerprint density at radius 1 is 0.722 bits per heavy atom. The van der Waals surface area contributed by atoms with Crippen LogP contribution >= 0.6 is 0 Å². The van der Waals surface area contributed by atoms with Crippen molar-refractivity contribution in [2.75, 3.05) is 41.3 Å². The maximum atomic E-state index is 13.5.